The van der Waals surface area contributed by atoms with Crippen molar-refractivity contribution in [3.05, 3.63) is 48.5 Å². The molecule has 0 saturated heterocycles. The van der Waals surface area contributed by atoms with Gasteiger partial charge in [0, 0.05) is 6.07 Å². The minimum atomic E-state index is 0.0745. The summed E-state index contributed by atoms with van der Waals surface area (Å²) in [6, 6.07) is 14.1. The predicted molar refractivity (Wildman–Crippen MR) is 65.3 cm³/mol. The van der Waals surface area contributed by atoms with Crippen LogP contribution < -0.4 is 4.74 Å². The zero-order valence-electron chi connectivity index (χ0n) is 9.37. The van der Waals surface area contributed by atoms with Crippen LogP contribution in [0.4, 0.5) is 11.4 Å². The molecule has 0 aliphatic rings. The fraction of sp³-hybridized carbons (Fsp3) is 0.0769. The second-order valence-electron chi connectivity index (χ2n) is 3.39. The van der Waals surface area contributed by atoms with Crippen LogP contribution in [0, 0.1) is 0 Å². The maximum Gasteiger partial charge on any atom is 0.143 e. The first-order chi connectivity index (χ1) is 8.29. The van der Waals surface area contributed by atoms with E-state index in [1.165, 1.54) is 6.07 Å². The molecular weight excluding hydrogens is 216 g/mol. The lowest BCUT2D eigenvalue weighted by Crippen LogP contribution is -1.80. The van der Waals surface area contributed by atoms with Gasteiger partial charge >= 0.3 is 0 Å². The number of methoxy groups -OCH3 is 1. The highest BCUT2D eigenvalue weighted by Gasteiger charge is 2.01. The molecule has 0 aliphatic carbocycles. The summed E-state index contributed by atoms with van der Waals surface area (Å²) in [7, 11) is 1.56. The Morgan fingerprint density at radius 3 is 2.47 bits per heavy atom. The normalized spacial score (nSPS) is 10.6. The predicted octanol–water partition coefficient (Wildman–Crippen LogP) is 3.82. The summed E-state index contributed by atoms with van der Waals surface area (Å²) in [6.07, 6.45) is 0. The molecule has 0 heterocycles. The van der Waals surface area contributed by atoms with Gasteiger partial charge in [0.05, 0.1) is 12.8 Å². The maximum absolute atomic E-state index is 9.60. The molecule has 0 fully saturated rings. The lowest BCUT2D eigenvalue weighted by molar-refractivity contribution is 0.412. The van der Waals surface area contributed by atoms with Gasteiger partial charge in [-0.25, -0.2) is 0 Å². The number of ether oxygens (including phenoxy) is 1. The first-order valence-electron chi connectivity index (χ1n) is 5.13. The number of hydrogen-bond acceptors (Lipinski definition) is 4. The van der Waals surface area contributed by atoms with Crippen LogP contribution in [0.1, 0.15) is 0 Å². The molecule has 0 aliphatic heterocycles. The van der Waals surface area contributed by atoms with Crippen molar-refractivity contribution in [1.29, 1.82) is 0 Å². The van der Waals surface area contributed by atoms with Crippen molar-refractivity contribution in [2.75, 3.05) is 7.11 Å². The average molecular weight is 228 g/mol. The third kappa shape index (κ3) is 2.81. The van der Waals surface area contributed by atoms with E-state index in [2.05, 4.69) is 10.2 Å². The molecular formula is C13H12N2O2. The van der Waals surface area contributed by atoms with Crippen LogP contribution in [0.2, 0.25) is 0 Å². The van der Waals surface area contributed by atoms with Crippen LogP contribution in [0.25, 0.3) is 0 Å². The van der Waals surface area contributed by atoms with E-state index in [9.17, 15) is 5.11 Å². The topological polar surface area (TPSA) is 54.2 Å². The van der Waals surface area contributed by atoms with Gasteiger partial charge in [-0.2, -0.15) is 5.11 Å². The fourth-order valence-electron chi connectivity index (χ4n) is 1.32. The average Bonchev–Trinajstić information content (AvgIpc) is 2.39. The monoisotopic (exact) mass is 228 g/mol. The molecule has 0 radical (unpaired) electrons. The summed E-state index contributed by atoms with van der Waals surface area (Å²) >= 11 is 0. The highest BCUT2D eigenvalue weighted by molar-refractivity contribution is 5.54. The Kier molecular flexibility index (Phi) is 3.35. The largest absolute Gasteiger partial charge is 0.506 e. The van der Waals surface area contributed by atoms with Crippen molar-refractivity contribution in [3.63, 3.8) is 0 Å². The van der Waals surface area contributed by atoms with Gasteiger partial charge in [0.1, 0.15) is 17.2 Å². The summed E-state index contributed by atoms with van der Waals surface area (Å²) in [5.41, 5.74) is 1.11. The number of aromatic hydroxyl groups is 1. The highest BCUT2D eigenvalue weighted by Crippen LogP contribution is 2.31. The van der Waals surface area contributed by atoms with Crippen LogP contribution >= 0.6 is 0 Å². The number of rotatable bonds is 3. The summed E-state index contributed by atoms with van der Waals surface area (Å²) in [6.45, 7) is 0. The molecule has 0 saturated carbocycles. The molecule has 0 spiro atoms. The van der Waals surface area contributed by atoms with Crippen molar-refractivity contribution < 1.29 is 9.84 Å². The molecule has 0 bridgehead atoms. The number of phenols is 1. The van der Waals surface area contributed by atoms with Crippen LogP contribution in [0.5, 0.6) is 11.5 Å². The van der Waals surface area contributed by atoms with E-state index < -0.39 is 0 Å². The lowest BCUT2D eigenvalue weighted by Gasteiger charge is -2.01. The molecule has 2 rings (SSSR count). The molecule has 0 unspecified atom stereocenters. The summed E-state index contributed by atoms with van der Waals surface area (Å²) < 4.78 is 5.05. The van der Waals surface area contributed by atoms with Gasteiger partial charge in [-0.1, -0.05) is 18.2 Å². The Balaban J connectivity index is 2.26. The molecule has 4 nitrogen and oxygen atoms in total. The van der Waals surface area contributed by atoms with E-state index in [1.807, 2.05) is 30.3 Å². The third-order valence-electron chi connectivity index (χ3n) is 2.21. The third-order valence-corrected chi connectivity index (χ3v) is 2.21. The standard InChI is InChI=1S/C13H12N2O2/c1-17-11-7-8-13(16)12(9-11)15-14-10-5-3-2-4-6-10/h2-9,16H,1H3. The molecule has 1 N–H and O–H groups in total. The van der Waals surface area contributed by atoms with Crippen molar-refractivity contribution >= 4 is 11.4 Å². The number of nitrogens with zero attached hydrogens (tertiary/aromatic N) is 2. The molecule has 0 aromatic heterocycles. The van der Waals surface area contributed by atoms with Crippen LogP contribution in [0.15, 0.2) is 58.8 Å². The van der Waals surface area contributed by atoms with Crippen LogP contribution in [-0.4, -0.2) is 12.2 Å². The van der Waals surface area contributed by atoms with Crippen molar-refractivity contribution in [2.45, 2.75) is 0 Å². The number of hydrogen-bond donors (Lipinski definition) is 1. The summed E-state index contributed by atoms with van der Waals surface area (Å²) in [5, 5.41) is 17.6. The van der Waals surface area contributed by atoms with Gasteiger partial charge in [-0.05, 0) is 24.3 Å². The Labute approximate surface area is 99.2 Å². The van der Waals surface area contributed by atoms with Crippen molar-refractivity contribution in [1.82, 2.24) is 0 Å². The number of azo groups is 1. The second-order valence-corrected chi connectivity index (χ2v) is 3.39. The van der Waals surface area contributed by atoms with E-state index in [0.29, 0.717) is 11.4 Å². The zero-order valence-corrected chi connectivity index (χ0v) is 9.37. The maximum atomic E-state index is 9.60. The smallest absolute Gasteiger partial charge is 0.143 e. The van der Waals surface area contributed by atoms with Crippen molar-refractivity contribution in [3.8, 4) is 11.5 Å². The second kappa shape index (κ2) is 5.12. The van der Waals surface area contributed by atoms with Gasteiger partial charge in [0.15, 0.2) is 0 Å². The van der Waals surface area contributed by atoms with Crippen molar-refractivity contribution in [2.24, 2.45) is 10.2 Å². The Bertz CT molecular complexity index is 524. The molecule has 0 atom stereocenters. The van der Waals surface area contributed by atoms with Crippen LogP contribution in [0.3, 0.4) is 0 Å². The highest BCUT2D eigenvalue weighted by atomic mass is 16.5. The van der Waals surface area contributed by atoms with Gasteiger partial charge in [0.2, 0.25) is 0 Å². The molecule has 0 amide bonds. The number of phenolic OH excluding ortho intramolecular Hbond substituents is 1. The SMILES string of the molecule is COc1ccc(O)c(N=Nc2ccccc2)c1. The van der Waals surface area contributed by atoms with Gasteiger partial charge in [-0.15, -0.1) is 5.11 Å². The summed E-state index contributed by atoms with van der Waals surface area (Å²) in [5.74, 6) is 0.704. The Morgan fingerprint density at radius 2 is 1.76 bits per heavy atom. The minimum absolute atomic E-state index is 0.0745. The van der Waals surface area contributed by atoms with E-state index in [-0.39, 0.29) is 5.75 Å². The molecule has 86 valence electrons. The Hall–Kier alpha value is -2.36. The summed E-state index contributed by atoms with van der Waals surface area (Å²) in [4.78, 5) is 0. The van der Waals surface area contributed by atoms with E-state index in [4.69, 9.17) is 4.74 Å². The first kappa shape index (κ1) is 11.1. The van der Waals surface area contributed by atoms with Gasteiger partial charge in [0.25, 0.3) is 0 Å². The molecule has 2 aromatic carbocycles. The van der Waals surface area contributed by atoms with E-state index in [1.54, 1.807) is 19.2 Å². The number of benzene rings is 2. The van der Waals surface area contributed by atoms with Gasteiger partial charge in [-0.3, -0.25) is 0 Å². The minimum Gasteiger partial charge on any atom is -0.506 e. The molecule has 17 heavy (non-hydrogen) atoms. The first-order valence-corrected chi connectivity index (χ1v) is 5.13. The quantitative estimate of drug-likeness (QED) is 0.812. The molecule has 2 aromatic rings. The van der Waals surface area contributed by atoms with E-state index >= 15 is 0 Å². The zero-order chi connectivity index (χ0) is 12.1. The van der Waals surface area contributed by atoms with E-state index in [0.717, 1.165) is 5.69 Å². The van der Waals surface area contributed by atoms with Crippen LogP contribution in [-0.2, 0) is 0 Å². The Morgan fingerprint density at radius 1 is 1.00 bits per heavy atom. The van der Waals surface area contributed by atoms with Gasteiger partial charge < -0.3 is 9.84 Å². The lowest BCUT2D eigenvalue weighted by atomic mass is 10.3. The molecule has 4 heteroatoms. The fourth-order valence-corrected chi connectivity index (χ4v) is 1.32.